The molecule has 122 valence electrons. The van der Waals surface area contributed by atoms with E-state index < -0.39 is 5.44 Å². The molecule has 0 saturated carbocycles. The van der Waals surface area contributed by atoms with Crippen molar-refractivity contribution in [2.24, 2.45) is 5.16 Å². The molecular weight excluding hydrogens is 382 g/mol. The molecule has 8 heteroatoms. The van der Waals surface area contributed by atoms with Crippen molar-refractivity contribution in [1.82, 2.24) is 10.3 Å². The minimum atomic E-state index is -0.650. The van der Waals surface area contributed by atoms with Crippen molar-refractivity contribution < 1.29 is 14.4 Å². The van der Waals surface area contributed by atoms with Crippen LogP contribution in [-0.4, -0.2) is 42.5 Å². The van der Waals surface area contributed by atoms with Crippen LogP contribution in [0.15, 0.2) is 40.1 Å². The summed E-state index contributed by atoms with van der Waals surface area (Å²) in [5.74, 6) is 0.380. The number of carbonyl (C=O) groups excluding carboxylic acids is 1. The van der Waals surface area contributed by atoms with Gasteiger partial charge in [-0.2, -0.15) is 0 Å². The van der Waals surface area contributed by atoms with Gasteiger partial charge in [0.2, 0.25) is 5.44 Å². The third-order valence-corrected chi connectivity index (χ3v) is 4.01. The number of nitrogens with one attached hydrogen (secondary N) is 1. The third-order valence-electron chi connectivity index (χ3n) is 2.84. The van der Waals surface area contributed by atoms with E-state index in [1.165, 1.54) is 25.1 Å². The maximum Gasteiger partial charge on any atom is 0.272 e. The summed E-state index contributed by atoms with van der Waals surface area (Å²) < 4.78 is 6.65. The van der Waals surface area contributed by atoms with Gasteiger partial charge in [0.1, 0.15) is 12.9 Å². The number of oxime groups is 1. The molecule has 0 radical (unpaired) electrons. The fourth-order valence-electron chi connectivity index (χ4n) is 1.83. The van der Waals surface area contributed by atoms with Crippen molar-refractivity contribution in [1.29, 1.82) is 0 Å². The highest BCUT2D eigenvalue weighted by Crippen LogP contribution is 2.24. The summed E-state index contributed by atoms with van der Waals surface area (Å²) in [5.41, 5.74) is 0.213. The van der Waals surface area contributed by atoms with E-state index in [9.17, 15) is 4.79 Å². The van der Waals surface area contributed by atoms with Gasteiger partial charge >= 0.3 is 0 Å². The molecule has 1 N–H and O–H groups in total. The number of carbonyl (C=O) groups is 1. The Hall–Kier alpha value is -1.80. The Kier molecular flexibility index (Phi) is 6.66. The van der Waals surface area contributed by atoms with Crippen LogP contribution in [0.2, 0.25) is 0 Å². The number of amides is 1. The predicted molar refractivity (Wildman–Crippen MR) is 95.9 cm³/mol. The van der Waals surface area contributed by atoms with Gasteiger partial charge in [0, 0.05) is 16.1 Å². The highest BCUT2D eigenvalue weighted by molar-refractivity contribution is 9.10. The average molecular weight is 398 g/mol. The summed E-state index contributed by atoms with van der Waals surface area (Å²) >= 11 is 4.70. The summed E-state index contributed by atoms with van der Waals surface area (Å²) in [6.07, 6.45) is 5.02. The first kappa shape index (κ1) is 17.6. The van der Waals surface area contributed by atoms with Crippen molar-refractivity contribution in [2.75, 3.05) is 19.9 Å². The van der Waals surface area contributed by atoms with E-state index in [4.69, 9.17) is 4.74 Å². The molecule has 2 aromatic rings. The lowest BCUT2D eigenvalue weighted by atomic mass is 10.2. The Balaban J connectivity index is 2.05. The molecule has 1 atom stereocenters. The van der Waals surface area contributed by atoms with Gasteiger partial charge in [0.05, 0.1) is 18.3 Å². The lowest BCUT2D eigenvalue weighted by molar-refractivity contribution is -0.124. The van der Waals surface area contributed by atoms with Crippen LogP contribution in [0.5, 0.6) is 5.75 Å². The number of thioether (sulfide) groups is 1. The zero-order valence-electron chi connectivity index (χ0n) is 12.7. The number of halogens is 1. The maximum atomic E-state index is 12.1. The minimum Gasteiger partial charge on any atom is -0.470 e. The molecule has 6 nitrogen and oxygen atoms in total. The number of hydrogen-bond acceptors (Lipinski definition) is 6. The van der Waals surface area contributed by atoms with Crippen LogP contribution in [0.1, 0.15) is 0 Å². The molecule has 0 saturated heterocycles. The van der Waals surface area contributed by atoms with Gasteiger partial charge in [-0.1, -0.05) is 5.16 Å². The van der Waals surface area contributed by atoms with E-state index in [1.54, 1.807) is 12.3 Å². The number of ether oxygens (including phenoxy) is 1. The molecule has 1 unspecified atom stereocenters. The molecule has 0 aliphatic carbocycles. The Morgan fingerprint density at radius 1 is 1.52 bits per heavy atom. The number of pyridine rings is 1. The molecule has 0 spiro atoms. The van der Waals surface area contributed by atoms with Gasteiger partial charge in [-0.05, 0) is 46.5 Å². The van der Waals surface area contributed by atoms with Crippen LogP contribution in [0.3, 0.4) is 0 Å². The van der Waals surface area contributed by atoms with Gasteiger partial charge in [-0.3, -0.25) is 9.78 Å². The van der Waals surface area contributed by atoms with Gasteiger partial charge in [0.15, 0.2) is 0 Å². The smallest absolute Gasteiger partial charge is 0.272 e. The first-order valence-electron chi connectivity index (χ1n) is 6.71. The Morgan fingerprint density at radius 2 is 2.35 bits per heavy atom. The number of rotatable bonds is 7. The maximum absolute atomic E-state index is 12.1. The van der Waals surface area contributed by atoms with E-state index in [2.05, 4.69) is 36.2 Å². The van der Waals surface area contributed by atoms with Crippen LogP contribution in [0, 0.1) is 0 Å². The van der Waals surface area contributed by atoms with Gasteiger partial charge in [0.25, 0.3) is 5.91 Å². The lowest BCUT2D eigenvalue weighted by Gasteiger charge is -2.16. The largest absolute Gasteiger partial charge is 0.470 e. The third kappa shape index (κ3) is 5.11. The molecule has 0 fully saturated rings. The second kappa shape index (κ2) is 8.73. The number of aromatic nitrogens is 1. The standard InChI is InChI=1S/C15H16BrN3O3S/c1-21-19-6-5-17-14(20)15(23-2)22-12-3-4-13-10(8-12)7-11(16)9-18-13/h3-4,6-9,15H,5H2,1-2H3,(H,17,20). The number of fused-ring (bicyclic) bond motifs is 1. The van der Waals surface area contributed by atoms with Gasteiger partial charge < -0.3 is 14.9 Å². The van der Waals surface area contributed by atoms with E-state index in [0.717, 1.165) is 15.4 Å². The Morgan fingerprint density at radius 3 is 3.09 bits per heavy atom. The zero-order valence-corrected chi connectivity index (χ0v) is 15.1. The van der Waals surface area contributed by atoms with Crippen LogP contribution >= 0.6 is 27.7 Å². The SMILES string of the molecule is CON=CCNC(=O)C(Oc1ccc2ncc(Br)cc2c1)SC. The van der Waals surface area contributed by atoms with Gasteiger partial charge in [-0.15, -0.1) is 11.8 Å². The summed E-state index contributed by atoms with van der Waals surface area (Å²) in [6, 6.07) is 7.46. The minimum absolute atomic E-state index is 0.229. The van der Waals surface area contributed by atoms with Crippen molar-refractivity contribution in [3.8, 4) is 5.75 Å². The highest BCUT2D eigenvalue weighted by Gasteiger charge is 2.18. The fraction of sp³-hybridized carbons (Fsp3) is 0.267. The van der Waals surface area contributed by atoms with Crippen LogP contribution in [0.4, 0.5) is 0 Å². The van der Waals surface area contributed by atoms with Gasteiger partial charge in [-0.25, -0.2) is 0 Å². The molecule has 1 amide bonds. The highest BCUT2D eigenvalue weighted by atomic mass is 79.9. The monoisotopic (exact) mass is 397 g/mol. The second-order valence-corrected chi connectivity index (χ2v) is 6.22. The molecule has 23 heavy (non-hydrogen) atoms. The lowest BCUT2D eigenvalue weighted by Crippen LogP contribution is -2.37. The van der Waals surface area contributed by atoms with Crippen molar-refractivity contribution in [3.63, 3.8) is 0 Å². The summed E-state index contributed by atoms with van der Waals surface area (Å²) in [5, 5.41) is 7.19. The molecule has 0 bridgehead atoms. The molecule has 1 aromatic carbocycles. The van der Waals surface area contributed by atoms with E-state index in [1.807, 2.05) is 24.5 Å². The van der Waals surface area contributed by atoms with Crippen LogP contribution < -0.4 is 10.1 Å². The number of benzene rings is 1. The zero-order chi connectivity index (χ0) is 16.7. The molecule has 0 aliphatic heterocycles. The quantitative estimate of drug-likeness (QED) is 0.441. The summed E-state index contributed by atoms with van der Waals surface area (Å²) in [4.78, 5) is 20.9. The summed E-state index contributed by atoms with van der Waals surface area (Å²) in [7, 11) is 1.44. The van der Waals surface area contributed by atoms with Crippen molar-refractivity contribution in [2.45, 2.75) is 5.44 Å². The second-order valence-electron chi connectivity index (χ2n) is 4.41. The van der Waals surface area contributed by atoms with Crippen LogP contribution in [-0.2, 0) is 9.63 Å². The summed E-state index contributed by atoms with van der Waals surface area (Å²) in [6.45, 7) is 0.279. The number of nitrogens with zero attached hydrogens (tertiary/aromatic N) is 2. The molecule has 1 aromatic heterocycles. The van der Waals surface area contributed by atoms with E-state index in [-0.39, 0.29) is 12.5 Å². The first-order chi connectivity index (χ1) is 11.1. The van der Waals surface area contributed by atoms with E-state index in [0.29, 0.717) is 5.75 Å². The van der Waals surface area contributed by atoms with E-state index >= 15 is 0 Å². The first-order valence-corrected chi connectivity index (χ1v) is 8.79. The van der Waals surface area contributed by atoms with Crippen molar-refractivity contribution >= 4 is 50.7 Å². The molecule has 0 aliphatic rings. The Labute approximate surface area is 146 Å². The molecule has 2 rings (SSSR count). The average Bonchev–Trinajstić information content (AvgIpc) is 2.56. The normalized spacial score (nSPS) is 12.3. The van der Waals surface area contributed by atoms with Crippen LogP contribution in [0.25, 0.3) is 10.9 Å². The topological polar surface area (TPSA) is 72.8 Å². The molecular formula is C15H16BrN3O3S. The molecule has 1 heterocycles. The number of hydrogen-bond donors (Lipinski definition) is 1. The fourth-order valence-corrected chi connectivity index (χ4v) is 2.68. The Bertz CT molecular complexity index is 711. The predicted octanol–water partition coefficient (Wildman–Crippen LogP) is 2.81. The van der Waals surface area contributed by atoms with Crippen molar-refractivity contribution in [3.05, 3.63) is 34.9 Å².